The van der Waals surface area contributed by atoms with Crippen molar-refractivity contribution in [3.63, 3.8) is 0 Å². The molecule has 0 aromatic heterocycles. The molecule has 0 radical (unpaired) electrons. The van der Waals surface area contributed by atoms with Crippen LogP contribution in [0.25, 0.3) is 0 Å². The molecule has 0 aliphatic carbocycles. The van der Waals surface area contributed by atoms with E-state index < -0.39 is 0 Å². The Balaban J connectivity index is 0.000000226. The predicted molar refractivity (Wildman–Crippen MR) is 128 cm³/mol. The molecule has 0 saturated heterocycles. The fourth-order valence-corrected chi connectivity index (χ4v) is 2.96. The molecule has 0 bridgehead atoms. The quantitative estimate of drug-likeness (QED) is 0.339. The zero-order chi connectivity index (χ0) is 23.0. The van der Waals surface area contributed by atoms with Gasteiger partial charge in [-0.25, -0.2) is 0 Å². The van der Waals surface area contributed by atoms with Crippen molar-refractivity contribution in [2.24, 2.45) is 0 Å². The molecule has 162 valence electrons. The third-order valence-electron chi connectivity index (χ3n) is 4.30. The highest BCUT2D eigenvalue weighted by Gasteiger charge is 2.02. The Morgan fingerprint density at radius 3 is 1.60 bits per heavy atom. The first-order valence-electron chi connectivity index (χ1n) is 9.35. The molecular weight excluding hydrogens is 443 g/mol. The van der Waals surface area contributed by atoms with E-state index in [-0.39, 0.29) is 11.5 Å². The van der Waals surface area contributed by atoms with Crippen LogP contribution in [0.3, 0.4) is 0 Å². The summed E-state index contributed by atoms with van der Waals surface area (Å²) in [4.78, 5) is 0. The van der Waals surface area contributed by atoms with Crippen molar-refractivity contribution in [3.8, 4) is 17.2 Å². The summed E-state index contributed by atoms with van der Waals surface area (Å²) in [7, 11) is 0. The van der Waals surface area contributed by atoms with E-state index in [1.807, 2.05) is 40.7 Å². The molecule has 3 aromatic rings. The molecule has 0 heterocycles. The lowest BCUT2D eigenvalue weighted by Crippen LogP contribution is -1.83. The second kappa shape index (κ2) is 11.9. The fraction of sp³-hybridized carbons (Fsp3) is 0.250. The molecule has 0 unspecified atom stereocenters. The molecule has 3 rings (SSSR count). The van der Waals surface area contributed by atoms with Gasteiger partial charge in [-0.3, -0.25) is 0 Å². The van der Waals surface area contributed by atoms with E-state index in [0.717, 1.165) is 44.3 Å². The molecule has 3 nitrogen and oxygen atoms in total. The number of rotatable bonds is 1. The van der Waals surface area contributed by atoms with Crippen LogP contribution in [0.4, 0.5) is 0 Å². The number of aromatic hydroxyl groups is 3. The van der Waals surface area contributed by atoms with Crippen LogP contribution >= 0.6 is 34.8 Å². The number of phenolic OH excluding ortho intramolecular Hbond substituents is 3. The van der Waals surface area contributed by atoms with Crippen molar-refractivity contribution >= 4 is 34.8 Å². The lowest BCUT2D eigenvalue weighted by molar-refractivity contribution is 0.468. The molecule has 6 heteroatoms. The molecule has 0 spiro atoms. The van der Waals surface area contributed by atoms with Crippen LogP contribution in [0.1, 0.15) is 34.7 Å². The normalized spacial score (nSPS) is 9.87. The number of halogens is 3. The Morgan fingerprint density at radius 2 is 1.13 bits per heavy atom. The average molecular weight is 470 g/mol. The maximum absolute atomic E-state index is 9.36. The first-order valence-corrected chi connectivity index (χ1v) is 10.5. The Kier molecular flexibility index (Phi) is 10.3. The fourth-order valence-electron chi connectivity index (χ4n) is 2.54. The molecule has 0 fully saturated rings. The van der Waals surface area contributed by atoms with Crippen molar-refractivity contribution in [1.29, 1.82) is 0 Å². The van der Waals surface area contributed by atoms with Crippen LogP contribution < -0.4 is 0 Å². The van der Waals surface area contributed by atoms with Gasteiger partial charge in [0.1, 0.15) is 17.2 Å². The Morgan fingerprint density at radius 1 is 0.633 bits per heavy atom. The zero-order valence-corrected chi connectivity index (χ0v) is 20.0. The van der Waals surface area contributed by atoms with E-state index in [2.05, 4.69) is 0 Å². The Labute approximate surface area is 193 Å². The second-order valence-electron chi connectivity index (χ2n) is 6.91. The molecule has 0 aliphatic heterocycles. The van der Waals surface area contributed by atoms with Crippen molar-refractivity contribution in [1.82, 2.24) is 0 Å². The topological polar surface area (TPSA) is 60.7 Å². The third kappa shape index (κ3) is 7.98. The summed E-state index contributed by atoms with van der Waals surface area (Å²) in [6, 6.07) is 11.7. The van der Waals surface area contributed by atoms with Gasteiger partial charge in [0.2, 0.25) is 0 Å². The third-order valence-corrected chi connectivity index (χ3v) is 5.73. The maximum Gasteiger partial charge on any atom is 0.119 e. The Bertz CT molecular complexity index is 978. The molecule has 0 atom stereocenters. The van der Waals surface area contributed by atoms with Crippen LogP contribution in [0.5, 0.6) is 17.2 Å². The monoisotopic (exact) mass is 468 g/mol. The lowest BCUT2D eigenvalue weighted by atomic mass is 10.1. The van der Waals surface area contributed by atoms with E-state index in [1.54, 1.807) is 36.4 Å². The molecule has 3 aromatic carbocycles. The predicted octanol–water partition coefficient (Wildman–Crippen LogP) is 7.93. The van der Waals surface area contributed by atoms with Gasteiger partial charge in [0, 0.05) is 15.1 Å². The van der Waals surface area contributed by atoms with Crippen LogP contribution in [-0.2, 0) is 6.42 Å². The highest BCUT2D eigenvalue weighted by atomic mass is 35.5. The molecule has 0 amide bonds. The second-order valence-corrected chi connectivity index (χ2v) is 8.10. The van der Waals surface area contributed by atoms with Crippen molar-refractivity contribution in [2.75, 3.05) is 0 Å². The average Bonchev–Trinajstić information content (AvgIpc) is 2.67. The van der Waals surface area contributed by atoms with Gasteiger partial charge in [0.15, 0.2) is 0 Å². The number of aryl methyl sites for hydroxylation is 5. The van der Waals surface area contributed by atoms with Gasteiger partial charge in [0.25, 0.3) is 0 Å². The number of benzene rings is 3. The molecule has 0 aliphatic rings. The highest BCUT2D eigenvalue weighted by molar-refractivity contribution is 6.32. The van der Waals surface area contributed by atoms with Crippen LogP contribution in [0.2, 0.25) is 15.1 Å². The minimum atomic E-state index is 0.261. The van der Waals surface area contributed by atoms with Gasteiger partial charge in [0.05, 0.1) is 0 Å². The first-order chi connectivity index (χ1) is 14.0. The summed E-state index contributed by atoms with van der Waals surface area (Å²) in [5, 5.41) is 29.4. The van der Waals surface area contributed by atoms with Crippen LogP contribution in [0.15, 0.2) is 42.5 Å². The molecule has 30 heavy (non-hydrogen) atoms. The summed E-state index contributed by atoms with van der Waals surface area (Å²) < 4.78 is 0. The van der Waals surface area contributed by atoms with E-state index >= 15 is 0 Å². The largest absolute Gasteiger partial charge is 0.508 e. The van der Waals surface area contributed by atoms with Crippen LogP contribution in [0, 0.1) is 27.7 Å². The van der Waals surface area contributed by atoms with Gasteiger partial charge in [-0.2, -0.15) is 0 Å². The van der Waals surface area contributed by atoms with Gasteiger partial charge < -0.3 is 15.3 Å². The number of hydrogen-bond donors (Lipinski definition) is 3. The summed E-state index contributed by atoms with van der Waals surface area (Å²) in [5.41, 5.74) is 4.55. The van der Waals surface area contributed by atoms with Gasteiger partial charge >= 0.3 is 0 Å². The van der Waals surface area contributed by atoms with Gasteiger partial charge in [-0.1, -0.05) is 41.7 Å². The first kappa shape index (κ1) is 26.0. The number of phenols is 3. The minimum absolute atomic E-state index is 0.261. The molecular formula is C24H27Cl3O3. The Hall–Kier alpha value is -2.07. The van der Waals surface area contributed by atoms with Gasteiger partial charge in [-0.15, -0.1) is 0 Å². The van der Waals surface area contributed by atoms with E-state index in [0.29, 0.717) is 10.8 Å². The lowest BCUT2D eigenvalue weighted by Gasteiger charge is -2.03. The standard InChI is InChI=1S/C9H11ClO.C8H9ClO.C7H7ClO/c1-3-7-5-8(10)6(2)4-9(7)11;1-5-3-7(10)4-6(2)8(5)9;1-5-4-6(9)2-3-7(5)8/h4-5,11H,3H2,1-2H3;3-4,10H,1-2H3;2-4,9H,1H3. The van der Waals surface area contributed by atoms with Crippen molar-refractivity contribution in [3.05, 3.63) is 85.3 Å². The smallest absolute Gasteiger partial charge is 0.119 e. The highest BCUT2D eigenvalue weighted by Crippen LogP contribution is 2.26. The summed E-state index contributed by atoms with van der Waals surface area (Å²) >= 11 is 17.4. The van der Waals surface area contributed by atoms with E-state index in [4.69, 9.17) is 45.0 Å². The van der Waals surface area contributed by atoms with Crippen LogP contribution in [-0.4, -0.2) is 15.3 Å². The van der Waals surface area contributed by atoms with Crippen molar-refractivity contribution in [2.45, 2.75) is 41.0 Å². The summed E-state index contributed by atoms with van der Waals surface area (Å²) in [5.74, 6) is 0.880. The minimum Gasteiger partial charge on any atom is -0.508 e. The zero-order valence-electron chi connectivity index (χ0n) is 17.7. The summed E-state index contributed by atoms with van der Waals surface area (Å²) in [6.07, 6.45) is 0.811. The van der Waals surface area contributed by atoms with E-state index in [9.17, 15) is 5.11 Å². The maximum atomic E-state index is 9.36. The molecule has 0 saturated carbocycles. The van der Waals surface area contributed by atoms with Crippen molar-refractivity contribution < 1.29 is 15.3 Å². The number of hydrogen-bond acceptors (Lipinski definition) is 3. The SMILES string of the molecule is CCc1cc(Cl)c(C)cc1O.Cc1cc(O)cc(C)c1Cl.Cc1cc(O)ccc1Cl. The summed E-state index contributed by atoms with van der Waals surface area (Å²) in [6.45, 7) is 9.45. The molecule has 3 N–H and O–H groups in total. The van der Waals surface area contributed by atoms with E-state index in [1.165, 1.54) is 0 Å². The van der Waals surface area contributed by atoms with Gasteiger partial charge in [-0.05, 0) is 104 Å².